The minimum Gasteiger partial charge on any atom is -0.464 e. The van der Waals surface area contributed by atoms with Crippen molar-refractivity contribution in [3.05, 3.63) is 85.6 Å². The number of allylic oxidation sites excluding steroid dienone is 1. The summed E-state index contributed by atoms with van der Waals surface area (Å²) < 4.78 is 16.1. The number of hydrogen-bond donors (Lipinski definition) is 1. The molecule has 7 nitrogen and oxygen atoms in total. The summed E-state index contributed by atoms with van der Waals surface area (Å²) in [6, 6.07) is 10.1. The minimum absolute atomic E-state index is 0.0452. The van der Waals surface area contributed by atoms with Gasteiger partial charge in [0.1, 0.15) is 28.7 Å². The summed E-state index contributed by atoms with van der Waals surface area (Å²) in [5.74, 6) is -0.705. The molecule has 0 aliphatic carbocycles. The molecule has 4 rings (SSSR count). The standard InChI is InChI=1S/C19H12N2O5/c1-9-6-14-16(19(23)25-9)15(11(7-20)18(21)26-14)12-8-24-13-5-3-2-4-10(13)17(12)22/h2-6,8,15H,21H2,1H3/t15-/m0/s1. The van der Waals surface area contributed by atoms with Crippen LogP contribution in [0.4, 0.5) is 0 Å². The third kappa shape index (κ3) is 2.20. The van der Waals surface area contributed by atoms with Crippen molar-refractivity contribution in [1.82, 2.24) is 0 Å². The van der Waals surface area contributed by atoms with Crippen molar-refractivity contribution in [2.75, 3.05) is 0 Å². The molecule has 0 spiro atoms. The van der Waals surface area contributed by atoms with Gasteiger partial charge in [0.25, 0.3) is 0 Å². The van der Waals surface area contributed by atoms with Crippen LogP contribution in [0.15, 0.2) is 66.5 Å². The van der Waals surface area contributed by atoms with Crippen LogP contribution < -0.4 is 21.5 Å². The summed E-state index contributed by atoms with van der Waals surface area (Å²) in [4.78, 5) is 25.4. The number of nitriles is 1. The average Bonchev–Trinajstić information content (AvgIpc) is 2.61. The monoisotopic (exact) mass is 348 g/mol. The van der Waals surface area contributed by atoms with Crippen LogP contribution in [0.3, 0.4) is 0 Å². The number of benzene rings is 1. The Kier molecular flexibility index (Phi) is 3.41. The van der Waals surface area contributed by atoms with Crippen LogP contribution in [0.5, 0.6) is 5.75 Å². The lowest BCUT2D eigenvalue weighted by atomic mass is 9.84. The van der Waals surface area contributed by atoms with Crippen molar-refractivity contribution in [2.24, 2.45) is 5.73 Å². The molecule has 0 unspecified atom stereocenters. The summed E-state index contributed by atoms with van der Waals surface area (Å²) in [6.07, 6.45) is 1.24. The third-order valence-corrected chi connectivity index (χ3v) is 4.27. The summed E-state index contributed by atoms with van der Waals surface area (Å²) in [7, 11) is 0. The van der Waals surface area contributed by atoms with Crippen molar-refractivity contribution in [3.63, 3.8) is 0 Å². The van der Waals surface area contributed by atoms with Gasteiger partial charge < -0.3 is 19.3 Å². The molecule has 0 amide bonds. The lowest BCUT2D eigenvalue weighted by Crippen LogP contribution is -2.29. The molecule has 2 aromatic heterocycles. The van der Waals surface area contributed by atoms with E-state index in [1.54, 1.807) is 31.2 Å². The van der Waals surface area contributed by atoms with Crippen molar-refractivity contribution in [2.45, 2.75) is 12.8 Å². The lowest BCUT2D eigenvalue weighted by Gasteiger charge is -2.24. The number of rotatable bonds is 1. The molecule has 0 bridgehead atoms. The SMILES string of the molecule is Cc1cc2c(c(=O)o1)[C@H](c1coc3ccccc3c1=O)C(C#N)=C(N)O2. The highest BCUT2D eigenvalue weighted by molar-refractivity contribution is 5.77. The van der Waals surface area contributed by atoms with Gasteiger partial charge in [-0.2, -0.15) is 5.26 Å². The van der Waals surface area contributed by atoms with E-state index in [0.717, 1.165) is 0 Å². The molecule has 128 valence electrons. The molecule has 2 N–H and O–H groups in total. The Bertz CT molecular complexity index is 1240. The van der Waals surface area contributed by atoms with Gasteiger partial charge in [-0.05, 0) is 19.1 Å². The fourth-order valence-corrected chi connectivity index (χ4v) is 3.12. The largest absolute Gasteiger partial charge is 0.464 e. The molecular formula is C19H12N2O5. The Hall–Kier alpha value is -3.79. The molecule has 0 radical (unpaired) electrons. The summed E-state index contributed by atoms with van der Waals surface area (Å²) >= 11 is 0. The molecule has 3 heterocycles. The Labute approximate surface area is 146 Å². The van der Waals surface area contributed by atoms with Gasteiger partial charge in [0, 0.05) is 11.6 Å². The Morgan fingerprint density at radius 3 is 2.77 bits per heavy atom. The fourth-order valence-electron chi connectivity index (χ4n) is 3.12. The Morgan fingerprint density at radius 1 is 1.23 bits per heavy atom. The van der Waals surface area contributed by atoms with Crippen molar-refractivity contribution in [1.29, 1.82) is 5.26 Å². The van der Waals surface area contributed by atoms with Gasteiger partial charge in [0.2, 0.25) is 5.88 Å². The maximum Gasteiger partial charge on any atom is 0.343 e. The van der Waals surface area contributed by atoms with Gasteiger partial charge in [-0.25, -0.2) is 4.79 Å². The number of para-hydroxylation sites is 1. The number of aryl methyl sites for hydroxylation is 1. The van der Waals surface area contributed by atoms with Gasteiger partial charge in [-0.3, -0.25) is 4.79 Å². The summed E-state index contributed by atoms with van der Waals surface area (Å²) in [5.41, 5.74) is 5.33. The van der Waals surface area contributed by atoms with Crippen molar-refractivity contribution in [3.8, 4) is 11.8 Å². The van der Waals surface area contributed by atoms with Gasteiger partial charge in [0.15, 0.2) is 5.43 Å². The fraction of sp³-hybridized carbons (Fsp3) is 0.105. The van der Waals surface area contributed by atoms with E-state index in [9.17, 15) is 14.9 Å². The molecule has 0 saturated heterocycles. The average molecular weight is 348 g/mol. The quantitative estimate of drug-likeness (QED) is 0.716. The smallest absolute Gasteiger partial charge is 0.343 e. The highest BCUT2D eigenvalue weighted by Crippen LogP contribution is 2.39. The predicted octanol–water partition coefficient (Wildman–Crippen LogP) is 2.27. The van der Waals surface area contributed by atoms with Gasteiger partial charge in [0.05, 0.1) is 23.1 Å². The number of nitrogens with two attached hydrogens (primary N) is 1. The van der Waals surface area contributed by atoms with Gasteiger partial charge in [-0.15, -0.1) is 0 Å². The van der Waals surface area contributed by atoms with Crippen LogP contribution in [0, 0.1) is 18.3 Å². The van der Waals surface area contributed by atoms with Gasteiger partial charge in [-0.1, -0.05) is 12.1 Å². The van der Waals surface area contributed by atoms with E-state index in [2.05, 4.69) is 0 Å². The van der Waals surface area contributed by atoms with Crippen molar-refractivity contribution < 1.29 is 13.6 Å². The normalized spacial score (nSPS) is 16.1. The second kappa shape index (κ2) is 5.63. The van der Waals surface area contributed by atoms with Crippen LogP contribution in [-0.4, -0.2) is 0 Å². The van der Waals surface area contributed by atoms with Crippen LogP contribution in [-0.2, 0) is 0 Å². The van der Waals surface area contributed by atoms with Crippen LogP contribution >= 0.6 is 0 Å². The van der Waals surface area contributed by atoms with Crippen LogP contribution in [0.25, 0.3) is 11.0 Å². The molecule has 3 aromatic rings. The molecule has 1 aromatic carbocycles. The van der Waals surface area contributed by atoms with E-state index in [1.165, 1.54) is 12.3 Å². The van der Waals surface area contributed by atoms with Crippen LogP contribution in [0.1, 0.15) is 22.8 Å². The second-order valence-electron chi connectivity index (χ2n) is 5.86. The van der Waals surface area contributed by atoms with E-state index in [1.807, 2.05) is 6.07 Å². The minimum atomic E-state index is -1.03. The molecule has 26 heavy (non-hydrogen) atoms. The first-order chi connectivity index (χ1) is 12.5. The van der Waals surface area contributed by atoms with Crippen LogP contribution in [0.2, 0.25) is 0 Å². The molecule has 1 aliphatic rings. The maximum absolute atomic E-state index is 13.0. The lowest BCUT2D eigenvalue weighted by molar-refractivity contribution is 0.371. The first kappa shape index (κ1) is 15.7. The molecule has 7 heteroatoms. The molecule has 1 atom stereocenters. The number of fused-ring (bicyclic) bond motifs is 2. The van der Waals surface area contributed by atoms with E-state index in [0.29, 0.717) is 16.7 Å². The molecule has 0 saturated carbocycles. The Morgan fingerprint density at radius 2 is 2.00 bits per heavy atom. The van der Waals surface area contributed by atoms with E-state index in [-0.39, 0.29) is 33.8 Å². The van der Waals surface area contributed by atoms with Gasteiger partial charge >= 0.3 is 5.63 Å². The topological polar surface area (TPSA) is 119 Å². The number of nitrogens with zero attached hydrogens (tertiary/aromatic N) is 1. The molecule has 0 fully saturated rings. The third-order valence-electron chi connectivity index (χ3n) is 4.27. The second-order valence-corrected chi connectivity index (χ2v) is 5.86. The summed E-state index contributed by atoms with van der Waals surface area (Å²) in [5, 5.41) is 9.87. The predicted molar refractivity (Wildman–Crippen MR) is 91.5 cm³/mol. The number of hydrogen-bond acceptors (Lipinski definition) is 7. The van der Waals surface area contributed by atoms with E-state index < -0.39 is 11.5 Å². The maximum atomic E-state index is 13.0. The van der Waals surface area contributed by atoms with E-state index >= 15 is 0 Å². The van der Waals surface area contributed by atoms with Crippen molar-refractivity contribution >= 4 is 11.0 Å². The summed E-state index contributed by atoms with van der Waals surface area (Å²) in [6.45, 7) is 1.59. The highest BCUT2D eigenvalue weighted by Gasteiger charge is 2.36. The zero-order valence-corrected chi connectivity index (χ0v) is 13.6. The first-order valence-electron chi connectivity index (χ1n) is 7.74. The zero-order valence-electron chi connectivity index (χ0n) is 13.6. The number of ether oxygens (including phenoxy) is 1. The zero-order chi connectivity index (χ0) is 18.4. The molecule has 1 aliphatic heterocycles. The highest BCUT2D eigenvalue weighted by atomic mass is 16.5. The Balaban J connectivity index is 2.08. The molecular weight excluding hydrogens is 336 g/mol. The first-order valence-corrected chi connectivity index (χ1v) is 7.74. The van der Waals surface area contributed by atoms with E-state index in [4.69, 9.17) is 19.3 Å².